The highest BCUT2D eigenvalue weighted by Crippen LogP contribution is 2.48. The van der Waals surface area contributed by atoms with Gasteiger partial charge in [-0.3, -0.25) is 0 Å². The summed E-state index contributed by atoms with van der Waals surface area (Å²) in [6.45, 7) is 12.8. The van der Waals surface area contributed by atoms with Gasteiger partial charge in [-0.05, 0) is 32.4 Å². The van der Waals surface area contributed by atoms with Crippen LogP contribution in [0, 0.1) is 0 Å². The minimum absolute atomic E-state index is 0. The lowest BCUT2D eigenvalue weighted by molar-refractivity contribution is -0.0828. The summed E-state index contributed by atoms with van der Waals surface area (Å²) in [5.41, 5.74) is 0. The van der Waals surface area contributed by atoms with Crippen molar-refractivity contribution in [3.8, 4) is 11.5 Å². The van der Waals surface area contributed by atoms with Crippen LogP contribution in [0.2, 0.25) is 6.04 Å². The molecule has 0 fully saturated rings. The molecule has 24 heavy (non-hydrogen) atoms. The number of phenols is 1. The van der Waals surface area contributed by atoms with Gasteiger partial charge in [-0.25, -0.2) is 0 Å². The summed E-state index contributed by atoms with van der Waals surface area (Å²) < 4.78 is 17.2. The molecule has 0 heterocycles. The summed E-state index contributed by atoms with van der Waals surface area (Å²) in [5, 5.41) is 10.9. The fraction of sp³-hybridized carbons (Fsp3) is 0.647. The molecule has 0 aliphatic rings. The Balaban J connectivity index is 0.00000529. The maximum absolute atomic E-state index is 9.71. The van der Waals surface area contributed by atoms with Gasteiger partial charge in [-0.2, -0.15) is 0 Å². The second-order valence-electron chi connectivity index (χ2n) is 6.35. The van der Waals surface area contributed by atoms with Gasteiger partial charge in [0.2, 0.25) is 0 Å². The van der Waals surface area contributed by atoms with Crippen molar-refractivity contribution in [1.29, 1.82) is 0 Å². The molecule has 0 aliphatic carbocycles. The number of ether oxygens (including phenoxy) is 3. The van der Waals surface area contributed by atoms with Crippen molar-refractivity contribution in [2.45, 2.75) is 32.2 Å². The summed E-state index contributed by atoms with van der Waals surface area (Å²) in [4.78, 5) is 0. The van der Waals surface area contributed by atoms with E-state index in [1.165, 1.54) is 0 Å². The molecular formula is C17H32BrO4PSi. The molecule has 1 aromatic carbocycles. The van der Waals surface area contributed by atoms with Crippen LogP contribution in [-0.2, 0) is 9.47 Å². The Kier molecular flexibility index (Phi) is 12.2. The molecule has 0 atom stereocenters. The van der Waals surface area contributed by atoms with Gasteiger partial charge in [0, 0.05) is 26.5 Å². The average Bonchev–Trinajstić information content (AvgIpc) is 2.47. The molecule has 0 radical (unpaired) electrons. The standard InChI is InChI=1S/C17H31O4PSi.BrH/c1-6-19-17(20-7-2)23-12-8-11-21-15-10-9-14(18)13-16(15)22(3,4)5;/h9-10,13,17H,6-8,11-12,23H2,1-5H3;1H. The molecule has 1 N–H and O–H groups in total. The maximum atomic E-state index is 9.71. The van der Waals surface area contributed by atoms with Gasteiger partial charge in [0.25, 0.3) is 0 Å². The van der Waals surface area contributed by atoms with Crippen molar-refractivity contribution in [2.24, 2.45) is 0 Å². The quantitative estimate of drug-likeness (QED) is 0.222. The SMILES string of the molecule is CCOC(OCC)[SiH2]CCCOc1ccc(O)cc1[P+](C)(C)C.[Br-]. The zero-order valence-corrected chi connectivity index (χ0v) is 19.4. The van der Waals surface area contributed by atoms with Crippen LogP contribution in [0.4, 0.5) is 0 Å². The van der Waals surface area contributed by atoms with Crippen molar-refractivity contribution in [2.75, 3.05) is 39.8 Å². The maximum Gasteiger partial charge on any atom is 0.161 e. The number of halogens is 1. The number of rotatable bonds is 11. The number of hydrogen-bond donors (Lipinski definition) is 1. The summed E-state index contributed by atoms with van der Waals surface area (Å²) in [7, 11) is -1.64. The minimum atomic E-state index is -1.24. The Morgan fingerprint density at radius 1 is 1.12 bits per heavy atom. The van der Waals surface area contributed by atoms with Gasteiger partial charge in [0.1, 0.15) is 17.0 Å². The fourth-order valence-corrected chi connectivity index (χ4v) is 5.28. The molecule has 0 bridgehead atoms. The van der Waals surface area contributed by atoms with Crippen molar-refractivity contribution >= 4 is 22.1 Å². The Labute approximate surface area is 160 Å². The number of aromatic hydroxyl groups is 1. The molecule has 7 heteroatoms. The zero-order valence-electron chi connectivity index (χ0n) is 15.5. The summed E-state index contributed by atoms with van der Waals surface area (Å²) in [6.07, 6.45) is 1.02. The van der Waals surface area contributed by atoms with Gasteiger partial charge >= 0.3 is 0 Å². The van der Waals surface area contributed by atoms with Crippen LogP contribution in [0.15, 0.2) is 18.2 Å². The first-order chi connectivity index (χ1) is 10.9. The first-order valence-electron chi connectivity index (χ1n) is 8.39. The van der Waals surface area contributed by atoms with Crippen LogP contribution in [0.5, 0.6) is 11.5 Å². The van der Waals surface area contributed by atoms with E-state index in [9.17, 15) is 5.11 Å². The summed E-state index contributed by atoms with van der Waals surface area (Å²) in [6, 6.07) is 6.57. The Bertz CT molecular complexity index is 462. The summed E-state index contributed by atoms with van der Waals surface area (Å²) in [5.74, 6) is 1.26. The Hall–Kier alpha value is -0.133. The second kappa shape index (κ2) is 12.3. The van der Waals surface area contributed by atoms with Crippen molar-refractivity contribution in [3.05, 3.63) is 18.2 Å². The first-order valence-corrected chi connectivity index (χ1v) is 13.3. The molecule has 140 valence electrons. The van der Waals surface area contributed by atoms with Crippen LogP contribution in [0.25, 0.3) is 0 Å². The van der Waals surface area contributed by atoms with Crippen molar-refractivity contribution in [1.82, 2.24) is 0 Å². The fourth-order valence-electron chi connectivity index (χ4n) is 2.33. The molecular weight excluding hydrogens is 407 g/mol. The van der Waals surface area contributed by atoms with E-state index in [1.807, 2.05) is 26.0 Å². The molecule has 0 aliphatic heterocycles. The lowest BCUT2D eigenvalue weighted by Crippen LogP contribution is -3.00. The topological polar surface area (TPSA) is 47.9 Å². The average molecular weight is 439 g/mol. The van der Waals surface area contributed by atoms with Gasteiger partial charge in [-0.1, -0.05) is 6.04 Å². The molecule has 0 unspecified atom stereocenters. The van der Waals surface area contributed by atoms with Crippen LogP contribution in [-0.4, -0.2) is 60.4 Å². The highest BCUT2D eigenvalue weighted by atomic mass is 79.9. The van der Waals surface area contributed by atoms with Crippen molar-refractivity contribution in [3.63, 3.8) is 0 Å². The highest BCUT2D eigenvalue weighted by molar-refractivity contribution is 7.81. The predicted molar refractivity (Wildman–Crippen MR) is 103 cm³/mol. The molecule has 0 saturated heterocycles. The largest absolute Gasteiger partial charge is 1.00 e. The highest BCUT2D eigenvalue weighted by Gasteiger charge is 2.26. The predicted octanol–water partition coefficient (Wildman–Crippen LogP) is -0.359. The molecule has 1 aromatic rings. The van der Waals surface area contributed by atoms with Gasteiger partial charge in [0.15, 0.2) is 5.75 Å². The smallest absolute Gasteiger partial charge is 0.161 e. The van der Waals surface area contributed by atoms with Gasteiger partial charge < -0.3 is 36.3 Å². The van der Waals surface area contributed by atoms with E-state index in [1.54, 1.807) is 6.07 Å². The molecule has 0 spiro atoms. The third-order valence-electron chi connectivity index (χ3n) is 3.46. The van der Waals surface area contributed by atoms with Crippen LogP contribution >= 0.6 is 7.26 Å². The third kappa shape index (κ3) is 8.81. The van der Waals surface area contributed by atoms with Crippen LogP contribution in [0.1, 0.15) is 20.3 Å². The molecule has 4 nitrogen and oxygen atoms in total. The molecule has 1 rings (SSSR count). The Morgan fingerprint density at radius 3 is 2.29 bits per heavy atom. The molecule has 0 amide bonds. The Morgan fingerprint density at radius 2 is 1.75 bits per heavy atom. The third-order valence-corrected chi connectivity index (χ3v) is 7.11. The van der Waals surface area contributed by atoms with Gasteiger partial charge in [-0.15, -0.1) is 0 Å². The lowest BCUT2D eigenvalue weighted by Gasteiger charge is -2.18. The monoisotopic (exact) mass is 438 g/mol. The number of hydrogen-bond acceptors (Lipinski definition) is 4. The number of phenolic OH excluding ortho intramolecular Hbond substituents is 1. The van der Waals surface area contributed by atoms with E-state index >= 15 is 0 Å². The van der Waals surface area contributed by atoms with Crippen molar-refractivity contribution < 1.29 is 36.3 Å². The van der Waals surface area contributed by atoms with Crippen LogP contribution < -0.4 is 27.0 Å². The van der Waals surface area contributed by atoms with Gasteiger partial charge in [0.05, 0.1) is 36.1 Å². The van der Waals surface area contributed by atoms with E-state index in [-0.39, 0.29) is 22.9 Å². The van der Waals surface area contributed by atoms with E-state index in [0.29, 0.717) is 25.6 Å². The first kappa shape index (κ1) is 23.9. The van der Waals surface area contributed by atoms with E-state index in [4.69, 9.17) is 14.2 Å². The number of benzene rings is 1. The minimum Gasteiger partial charge on any atom is -1.00 e. The second-order valence-corrected chi connectivity index (χ2v) is 12.8. The molecule has 0 aromatic heterocycles. The van der Waals surface area contributed by atoms with E-state index in [0.717, 1.165) is 23.5 Å². The zero-order chi connectivity index (χ0) is 17.3. The van der Waals surface area contributed by atoms with Crippen LogP contribution in [0.3, 0.4) is 0 Å². The van der Waals surface area contributed by atoms with E-state index < -0.39 is 16.8 Å². The molecule has 0 saturated carbocycles. The lowest BCUT2D eigenvalue weighted by atomic mass is 10.3. The normalized spacial score (nSPS) is 11.9. The summed E-state index contributed by atoms with van der Waals surface area (Å²) >= 11 is 0. The van der Waals surface area contributed by atoms with E-state index in [2.05, 4.69) is 20.0 Å².